The summed E-state index contributed by atoms with van der Waals surface area (Å²) < 4.78 is 0. The molecule has 0 spiro atoms. The number of nitrogens with one attached hydrogen (secondary N) is 2. The molecule has 6 nitrogen and oxygen atoms in total. The number of hydrogen-bond donors (Lipinski definition) is 3. The first-order valence-corrected chi connectivity index (χ1v) is 6.98. The first-order chi connectivity index (χ1) is 9.65. The lowest BCUT2D eigenvalue weighted by atomic mass is 10.0. The van der Waals surface area contributed by atoms with E-state index in [2.05, 4.69) is 15.5 Å². The van der Waals surface area contributed by atoms with Crippen LogP contribution in [-0.2, 0) is 4.79 Å². The Balaban J connectivity index is 1.97. The summed E-state index contributed by atoms with van der Waals surface area (Å²) in [5, 5.41) is 18.3. The van der Waals surface area contributed by atoms with Gasteiger partial charge in [0.15, 0.2) is 0 Å². The van der Waals surface area contributed by atoms with Gasteiger partial charge in [0.2, 0.25) is 5.91 Å². The van der Waals surface area contributed by atoms with E-state index in [0.29, 0.717) is 11.6 Å². The third-order valence-electron chi connectivity index (χ3n) is 3.06. The minimum Gasteiger partial charge on any atom is -0.478 e. The number of nitrogens with zero attached hydrogens (tertiary/aromatic N) is 1. The summed E-state index contributed by atoms with van der Waals surface area (Å²) in [5.74, 6) is -0.0863. The molecule has 0 saturated carbocycles. The van der Waals surface area contributed by atoms with Crippen LogP contribution in [-0.4, -0.2) is 32.9 Å². The largest absolute Gasteiger partial charge is 0.478 e. The fourth-order valence-corrected chi connectivity index (χ4v) is 3.19. The second-order valence-electron chi connectivity index (χ2n) is 4.37. The maximum absolute atomic E-state index is 11.6. The zero-order valence-electron chi connectivity index (χ0n) is 10.3. The molecule has 1 aliphatic rings. The average Bonchev–Trinajstić information content (AvgIpc) is 2.81. The number of fused-ring (bicyclic) bond motifs is 1. The van der Waals surface area contributed by atoms with Gasteiger partial charge in [-0.3, -0.25) is 9.89 Å². The number of carboxylic acids is 1. The van der Waals surface area contributed by atoms with Gasteiger partial charge >= 0.3 is 5.97 Å². The normalized spacial score (nSPS) is 18.0. The summed E-state index contributed by atoms with van der Waals surface area (Å²) >= 11 is 1.49. The summed E-state index contributed by atoms with van der Waals surface area (Å²) in [5.41, 5.74) is 2.08. The minimum absolute atomic E-state index is 0.0504. The summed E-state index contributed by atoms with van der Waals surface area (Å²) in [6.07, 6.45) is 1.68. The molecule has 1 atom stereocenters. The first kappa shape index (κ1) is 12.7. The first-order valence-electron chi connectivity index (χ1n) is 5.93. The Morgan fingerprint density at radius 3 is 2.80 bits per heavy atom. The molecule has 0 radical (unpaired) electrons. The fraction of sp³-hybridized carbons (Fsp3) is 0.154. The van der Waals surface area contributed by atoms with E-state index >= 15 is 0 Å². The number of benzene rings is 1. The van der Waals surface area contributed by atoms with Crippen LogP contribution in [0.15, 0.2) is 30.5 Å². The van der Waals surface area contributed by atoms with Crippen LogP contribution in [0.4, 0.5) is 5.82 Å². The van der Waals surface area contributed by atoms with Crippen molar-refractivity contribution in [3.05, 3.63) is 47.2 Å². The number of amides is 1. The molecule has 7 heteroatoms. The maximum Gasteiger partial charge on any atom is 0.335 e. The van der Waals surface area contributed by atoms with Crippen molar-refractivity contribution >= 4 is 29.5 Å². The lowest BCUT2D eigenvalue weighted by Crippen LogP contribution is -2.12. The standard InChI is InChI=1S/C13H11N3O3S/c17-10-6-20-11(9-5-14-16-12(9)15-10)7-1-3-8(4-2-7)13(18)19/h1-5,11H,6H2,(H,18,19)(H2,14,15,16,17)/t11-/m1/s1. The molecule has 0 bridgehead atoms. The van der Waals surface area contributed by atoms with Crippen molar-refractivity contribution in [3.8, 4) is 0 Å². The van der Waals surface area contributed by atoms with Crippen LogP contribution < -0.4 is 5.32 Å². The van der Waals surface area contributed by atoms with Gasteiger partial charge < -0.3 is 10.4 Å². The number of aromatic carboxylic acids is 1. The molecular weight excluding hydrogens is 278 g/mol. The molecule has 2 aromatic rings. The molecule has 3 rings (SSSR count). The smallest absolute Gasteiger partial charge is 0.335 e. The van der Waals surface area contributed by atoms with Crippen LogP contribution in [0.3, 0.4) is 0 Å². The summed E-state index contributed by atoms with van der Waals surface area (Å²) in [7, 11) is 0. The van der Waals surface area contributed by atoms with E-state index in [1.165, 1.54) is 11.8 Å². The van der Waals surface area contributed by atoms with Gasteiger partial charge in [0.05, 0.1) is 22.8 Å². The van der Waals surface area contributed by atoms with Crippen LogP contribution in [0.5, 0.6) is 0 Å². The Labute approximate surface area is 118 Å². The van der Waals surface area contributed by atoms with E-state index < -0.39 is 5.97 Å². The predicted octanol–water partition coefficient (Wildman–Crippen LogP) is 1.88. The molecule has 0 unspecified atom stereocenters. The molecular formula is C13H11N3O3S. The van der Waals surface area contributed by atoms with E-state index in [-0.39, 0.29) is 16.7 Å². The molecule has 0 fully saturated rings. The van der Waals surface area contributed by atoms with Crippen LogP contribution >= 0.6 is 11.8 Å². The molecule has 1 amide bonds. The highest BCUT2D eigenvalue weighted by Crippen LogP contribution is 2.40. The van der Waals surface area contributed by atoms with Gasteiger partial charge in [0, 0.05) is 5.56 Å². The molecule has 1 aromatic heterocycles. The van der Waals surface area contributed by atoms with Gasteiger partial charge in [-0.15, -0.1) is 11.8 Å². The van der Waals surface area contributed by atoms with Crippen molar-refractivity contribution in [2.75, 3.05) is 11.1 Å². The molecule has 102 valence electrons. The van der Waals surface area contributed by atoms with E-state index in [4.69, 9.17) is 5.11 Å². The van der Waals surface area contributed by atoms with Crippen molar-refractivity contribution in [1.82, 2.24) is 10.2 Å². The highest BCUT2D eigenvalue weighted by atomic mass is 32.2. The number of aromatic amines is 1. The lowest BCUT2D eigenvalue weighted by Gasteiger charge is -2.13. The van der Waals surface area contributed by atoms with Crippen LogP contribution in [0.2, 0.25) is 0 Å². The van der Waals surface area contributed by atoms with Crippen LogP contribution in [0, 0.1) is 0 Å². The summed E-state index contributed by atoms with van der Waals surface area (Å²) in [4.78, 5) is 22.5. The van der Waals surface area contributed by atoms with Crippen molar-refractivity contribution in [2.45, 2.75) is 5.25 Å². The number of carbonyl (C=O) groups excluding carboxylic acids is 1. The second-order valence-corrected chi connectivity index (χ2v) is 5.46. The molecule has 3 N–H and O–H groups in total. The van der Waals surface area contributed by atoms with Gasteiger partial charge in [-0.25, -0.2) is 4.79 Å². The zero-order chi connectivity index (χ0) is 14.1. The van der Waals surface area contributed by atoms with Gasteiger partial charge in [-0.2, -0.15) is 5.10 Å². The maximum atomic E-state index is 11.6. The summed E-state index contributed by atoms with van der Waals surface area (Å²) in [6, 6.07) is 6.68. The average molecular weight is 289 g/mol. The van der Waals surface area contributed by atoms with E-state index in [1.807, 2.05) is 0 Å². The number of hydrogen-bond acceptors (Lipinski definition) is 4. The van der Waals surface area contributed by atoms with E-state index in [1.54, 1.807) is 30.5 Å². The number of thioether (sulfide) groups is 1. The Morgan fingerprint density at radius 2 is 2.10 bits per heavy atom. The van der Waals surface area contributed by atoms with Gasteiger partial charge in [-0.05, 0) is 17.7 Å². The number of carbonyl (C=O) groups is 2. The third kappa shape index (κ3) is 2.27. The van der Waals surface area contributed by atoms with Crippen LogP contribution in [0.1, 0.15) is 26.7 Å². The highest BCUT2D eigenvalue weighted by molar-refractivity contribution is 8.00. The number of H-pyrrole nitrogens is 1. The summed E-state index contributed by atoms with van der Waals surface area (Å²) in [6.45, 7) is 0. The highest BCUT2D eigenvalue weighted by Gasteiger charge is 2.25. The SMILES string of the molecule is O=C1CS[C@H](c2ccc(C(=O)O)cc2)c2cn[nH]c2N1. The van der Waals surface area contributed by atoms with Crippen molar-refractivity contribution in [2.24, 2.45) is 0 Å². The Hall–Kier alpha value is -2.28. The predicted molar refractivity (Wildman–Crippen MR) is 74.9 cm³/mol. The molecule has 1 aliphatic heterocycles. The molecule has 1 aromatic carbocycles. The quantitative estimate of drug-likeness (QED) is 0.784. The molecule has 0 aliphatic carbocycles. The van der Waals surface area contributed by atoms with Gasteiger partial charge in [0.25, 0.3) is 0 Å². The van der Waals surface area contributed by atoms with E-state index in [9.17, 15) is 9.59 Å². The third-order valence-corrected chi connectivity index (χ3v) is 4.35. The Morgan fingerprint density at radius 1 is 1.35 bits per heavy atom. The molecule has 2 heterocycles. The van der Waals surface area contributed by atoms with Crippen molar-refractivity contribution < 1.29 is 14.7 Å². The Bertz CT molecular complexity index is 666. The van der Waals surface area contributed by atoms with Gasteiger partial charge in [-0.1, -0.05) is 12.1 Å². The Kier molecular flexibility index (Phi) is 3.19. The van der Waals surface area contributed by atoms with Gasteiger partial charge in [0.1, 0.15) is 5.82 Å². The monoisotopic (exact) mass is 289 g/mol. The fourth-order valence-electron chi connectivity index (χ4n) is 2.09. The molecule has 0 saturated heterocycles. The van der Waals surface area contributed by atoms with E-state index in [0.717, 1.165) is 11.1 Å². The number of carboxylic acid groups (broad SMARTS) is 1. The number of anilines is 1. The van der Waals surface area contributed by atoms with Crippen LogP contribution in [0.25, 0.3) is 0 Å². The minimum atomic E-state index is -0.953. The zero-order valence-corrected chi connectivity index (χ0v) is 11.1. The molecule has 20 heavy (non-hydrogen) atoms. The van der Waals surface area contributed by atoms with Crippen molar-refractivity contribution in [1.29, 1.82) is 0 Å². The topological polar surface area (TPSA) is 95.1 Å². The van der Waals surface area contributed by atoms with Crippen molar-refractivity contribution in [3.63, 3.8) is 0 Å². The number of rotatable bonds is 2. The number of aromatic nitrogens is 2. The second kappa shape index (κ2) is 5.01. The lowest BCUT2D eigenvalue weighted by molar-refractivity contribution is -0.113.